The number of aliphatic hydroxyl groups is 3. The van der Waals surface area contributed by atoms with Crippen molar-refractivity contribution in [1.82, 2.24) is 4.98 Å². The van der Waals surface area contributed by atoms with E-state index in [4.69, 9.17) is 15.2 Å². The van der Waals surface area contributed by atoms with Gasteiger partial charge in [-0.05, 0) is 78.1 Å². The normalized spacial score (nSPS) is 19.1. The van der Waals surface area contributed by atoms with Crippen LogP contribution in [-0.2, 0) is 27.1 Å². The number of pyridine rings is 1. The molecule has 1 aromatic heterocycles. The molecule has 5 rings (SSSR count). The lowest BCUT2D eigenvalue weighted by Gasteiger charge is -2.19. The number of carbonyl (C=O) groups excluding carboxylic acids is 2. The summed E-state index contributed by atoms with van der Waals surface area (Å²) in [4.78, 5) is 29.6. The van der Waals surface area contributed by atoms with E-state index in [1.807, 2.05) is 36.4 Å². The highest BCUT2D eigenvalue weighted by Gasteiger charge is 2.39. The number of amides is 1. The number of aliphatic hydroxyl groups excluding tert-OH is 3. The predicted molar refractivity (Wildman–Crippen MR) is 216 cm³/mol. The van der Waals surface area contributed by atoms with E-state index in [2.05, 4.69) is 10.3 Å². The summed E-state index contributed by atoms with van der Waals surface area (Å²) in [6.07, 6.45) is 5.02. The molecule has 15 heteroatoms. The van der Waals surface area contributed by atoms with E-state index in [0.717, 1.165) is 34.0 Å². The van der Waals surface area contributed by atoms with Crippen LogP contribution in [0.1, 0.15) is 54.7 Å². The minimum atomic E-state index is -4.51. The lowest BCUT2D eigenvalue weighted by molar-refractivity contribution is -0.145. The highest BCUT2D eigenvalue weighted by molar-refractivity contribution is 5.98. The largest absolute Gasteiger partial charge is 0.491 e. The van der Waals surface area contributed by atoms with Gasteiger partial charge in [-0.1, -0.05) is 60.7 Å². The number of aromatic nitrogens is 1. The van der Waals surface area contributed by atoms with Crippen molar-refractivity contribution < 1.29 is 47.6 Å². The number of carbonyl (C=O) groups is 2. The van der Waals surface area contributed by atoms with Gasteiger partial charge in [0.1, 0.15) is 25.1 Å². The van der Waals surface area contributed by atoms with Crippen molar-refractivity contribution >= 4 is 53.2 Å². The summed E-state index contributed by atoms with van der Waals surface area (Å²) in [7, 11) is 0. The van der Waals surface area contributed by atoms with Gasteiger partial charge >= 0.3 is 12.1 Å². The second-order valence-electron chi connectivity index (χ2n) is 13.6. The molecule has 1 heterocycles. The third kappa shape index (κ3) is 13.8. The number of alkyl halides is 3. The second kappa shape index (κ2) is 22.4. The predicted octanol–water partition coefficient (Wildman–Crippen LogP) is 7.29. The molecule has 1 saturated carbocycles. The van der Waals surface area contributed by atoms with Gasteiger partial charge in [-0.2, -0.15) is 13.2 Å². The van der Waals surface area contributed by atoms with Crippen LogP contribution in [0.2, 0.25) is 0 Å². The summed E-state index contributed by atoms with van der Waals surface area (Å²) in [6.45, 7) is -0.0853. The van der Waals surface area contributed by atoms with E-state index < -0.39 is 41.9 Å². The topological polar surface area (TPSA) is 164 Å². The molecule has 1 unspecified atom stereocenters. The smallest absolute Gasteiger partial charge is 0.416 e. The molecular formula is C42H48Cl2F3N3O7. The van der Waals surface area contributed by atoms with E-state index in [1.54, 1.807) is 42.7 Å². The molecule has 0 aliphatic heterocycles. The van der Waals surface area contributed by atoms with E-state index >= 15 is 0 Å². The molecule has 10 nitrogen and oxygen atoms in total. The molecule has 0 bridgehead atoms. The summed E-state index contributed by atoms with van der Waals surface area (Å²) >= 11 is 0. The number of halogens is 5. The Morgan fingerprint density at radius 2 is 1.75 bits per heavy atom. The quantitative estimate of drug-likeness (QED) is 0.0418. The first kappa shape index (κ1) is 46.9. The van der Waals surface area contributed by atoms with E-state index in [1.165, 1.54) is 18.2 Å². The number of fused-ring (bicyclic) bond motifs is 1. The highest BCUT2D eigenvalue weighted by Crippen LogP contribution is 2.36. The summed E-state index contributed by atoms with van der Waals surface area (Å²) in [6, 6.07) is 19.1. The molecule has 0 saturated heterocycles. The van der Waals surface area contributed by atoms with Crippen LogP contribution in [0.4, 0.5) is 18.9 Å². The number of benzene rings is 3. The number of nitrogens with two attached hydrogens (primary N) is 1. The van der Waals surface area contributed by atoms with Crippen LogP contribution >= 0.6 is 24.8 Å². The number of ether oxygens (including phenoxy) is 2. The fraction of sp³-hybridized carbons (Fsp3) is 0.357. The van der Waals surface area contributed by atoms with Crippen LogP contribution in [0.15, 0.2) is 109 Å². The number of nitrogens with zero attached hydrogens (tertiary/aromatic N) is 1. The standard InChI is InChI=1S/C42H46F3N3O7.2ClH/c43-42(44,45)31-6-5-7-34(21-31)54-26-33(49)16-17-36-35(38(50)22-39(36)51)8-3-1-2-4-9-40(52)55-25-27-10-12-28(13-11-27)37(23-46)41(53)48-32-15-14-30-24-47-19-18-29(30)20-32;;/h1,3,5-7,10-21,24,33,35-39,49-51H,2,4,8-9,22-23,25-26,46H2,(H,48,53);2*1H/b3-1-,17-16+;;/t33-,35-,36-,37?,38+,39-;;/m1../s1. The Morgan fingerprint density at radius 3 is 2.49 bits per heavy atom. The zero-order valence-corrected chi connectivity index (χ0v) is 32.6. The summed E-state index contributed by atoms with van der Waals surface area (Å²) < 4.78 is 49.6. The van der Waals surface area contributed by atoms with Crippen molar-refractivity contribution in [3.63, 3.8) is 0 Å². The maximum Gasteiger partial charge on any atom is 0.416 e. The van der Waals surface area contributed by atoms with Gasteiger partial charge in [0, 0.05) is 48.8 Å². The molecule has 6 atom stereocenters. The first-order chi connectivity index (χ1) is 26.4. The van der Waals surface area contributed by atoms with Gasteiger partial charge in [0.05, 0.1) is 23.7 Å². The molecule has 6 N–H and O–H groups in total. The molecule has 0 spiro atoms. The molecular weight excluding hydrogens is 786 g/mol. The fourth-order valence-corrected chi connectivity index (χ4v) is 6.56. The van der Waals surface area contributed by atoms with Crippen molar-refractivity contribution in [1.29, 1.82) is 0 Å². The van der Waals surface area contributed by atoms with Gasteiger partial charge < -0.3 is 35.8 Å². The highest BCUT2D eigenvalue weighted by atomic mass is 35.5. The fourth-order valence-electron chi connectivity index (χ4n) is 6.56. The van der Waals surface area contributed by atoms with Crippen molar-refractivity contribution in [2.24, 2.45) is 17.6 Å². The Morgan fingerprint density at radius 1 is 0.982 bits per heavy atom. The second-order valence-corrected chi connectivity index (χ2v) is 13.6. The molecule has 308 valence electrons. The van der Waals surface area contributed by atoms with Gasteiger partial charge in [0.2, 0.25) is 5.91 Å². The minimum Gasteiger partial charge on any atom is -0.491 e. The van der Waals surface area contributed by atoms with Crippen molar-refractivity contribution in [2.45, 2.75) is 69.1 Å². The van der Waals surface area contributed by atoms with Gasteiger partial charge in [-0.3, -0.25) is 14.6 Å². The van der Waals surface area contributed by atoms with Gasteiger partial charge in [-0.15, -0.1) is 24.8 Å². The lowest BCUT2D eigenvalue weighted by Crippen LogP contribution is -2.27. The minimum absolute atomic E-state index is 0. The Labute approximate surface area is 341 Å². The lowest BCUT2D eigenvalue weighted by atomic mass is 9.89. The Hall–Kier alpha value is -4.50. The Kier molecular flexibility index (Phi) is 18.5. The van der Waals surface area contributed by atoms with Gasteiger partial charge in [-0.25, -0.2) is 0 Å². The number of nitrogens with one attached hydrogen (secondary N) is 1. The molecule has 1 aliphatic carbocycles. The van der Waals surface area contributed by atoms with Crippen molar-refractivity contribution in [2.75, 3.05) is 18.5 Å². The van der Waals surface area contributed by atoms with Crippen LogP contribution in [-0.4, -0.2) is 63.6 Å². The number of anilines is 1. The monoisotopic (exact) mass is 833 g/mol. The zero-order chi connectivity index (χ0) is 39.4. The van der Waals surface area contributed by atoms with Crippen LogP contribution in [0, 0.1) is 11.8 Å². The summed E-state index contributed by atoms with van der Waals surface area (Å²) in [5.41, 5.74) is 7.29. The first-order valence-electron chi connectivity index (χ1n) is 18.2. The van der Waals surface area contributed by atoms with Crippen LogP contribution in [0.5, 0.6) is 5.75 Å². The molecule has 0 radical (unpaired) electrons. The number of rotatable bonds is 17. The number of allylic oxidation sites excluding steroid dienone is 2. The number of hydrogen-bond donors (Lipinski definition) is 5. The summed E-state index contributed by atoms with van der Waals surface area (Å²) in [5, 5.41) is 36.2. The van der Waals surface area contributed by atoms with Crippen molar-refractivity contribution in [3.05, 3.63) is 126 Å². The SMILES string of the molecule is Cl.Cl.NCC(C(=O)Nc1ccc2cnccc2c1)c1ccc(COC(=O)CCC/C=C\C[C@@H]2[C@@H](/C=C/[C@@H](O)COc3cccc(C(F)(F)F)c3)[C@H](O)C[C@@H]2O)cc1. The Balaban J connectivity index is 0.00000435. The maximum atomic E-state index is 13.1. The first-order valence-corrected chi connectivity index (χ1v) is 18.2. The number of unbranched alkanes of at least 4 members (excludes halogenated alkanes) is 1. The van der Waals surface area contributed by atoms with Gasteiger partial charge in [0.15, 0.2) is 0 Å². The van der Waals surface area contributed by atoms with Crippen LogP contribution < -0.4 is 15.8 Å². The molecule has 1 amide bonds. The molecule has 1 aliphatic rings. The van der Waals surface area contributed by atoms with E-state index in [0.29, 0.717) is 24.9 Å². The molecule has 4 aromatic rings. The molecule has 1 fully saturated rings. The maximum absolute atomic E-state index is 13.1. The average Bonchev–Trinajstić information content (AvgIpc) is 3.44. The molecule has 57 heavy (non-hydrogen) atoms. The van der Waals surface area contributed by atoms with Gasteiger partial charge in [0.25, 0.3) is 0 Å². The average molecular weight is 835 g/mol. The van der Waals surface area contributed by atoms with E-state index in [-0.39, 0.29) is 81.0 Å². The van der Waals surface area contributed by atoms with Crippen LogP contribution in [0.25, 0.3) is 10.8 Å². The third-order valence-corrected chi connectivity index (χ3v) is 9.62. The zero-order valence-electron chi connectivity index (χ0n) is 31.0. The number of hydrogen-bond acceptors (Lipinski definition) is 9. The number of esters is 1. The summed E-state index contributed by atoms with van der Waals surface area (Å²) in [5.74, 6) is -1.93. The van der Waals surface area contributed by atoms with Crippen molar-refractivity contribution in [3.8, 4) is 5.75 Å². The Bertz CT molecular complexity index is 1950. The van der Waals surface area contributed by atoms with Crippen LogP contribution in [0.3, 0.4) is 0 Å². The molecule has 3 aromatic carbocycles. The van der Waals surface area contributed by atoms with E-state index in [9.17, 15) is 38.1 Å². The third-order valence-electron chi connectivity index (χ3n) is 9.62.